The molecule has 0 saturated carbocycles. The normalized spacial score (nSPS) is 17.7. The largest absolute Gasteiger partial charge is 0.372 e. The second-order valence-electron chi connectivity index (χ2n) is 5.07. The standard InChI is InChI=1S/C16H11Cl3N2O2/c17-9-2-1-3-11(6-9)21-15(22)8-14(16(21)23)20-13-5-4-10(18)7-12(13)19/h1-7,14,20H,8H2. The molecule has 1 aliphatic rings. The second-order valence-corrected chi connectivity index (χ2v) is 6.35. The van der Waals surface area contributed by atoms with Crippen LogP contribution >= 0.6 is 34.8 Å². The van der Waals surface area contributed by atoms with Crippen molar-refractivity contribution in [1.82, 2.24) is 0 Å². The van der Waals surface area contributed by atoms with Gasteiger partial charge in [-0.15, -0.1) is 0 Å². The molecule has 1 fully saturated rings. The van der Waals surface area contributed by atoms with Crippen LogP contribution in [-0.2, 0) is 9.59 Å². The number of imide groups is 1. The number of amides is 2. The smallest absolute Gasteiger partial charge is 0.256 e. The van der Waals surface area contributed by atoms with Crippen molar-refractivity contribution < 1.29 is 9.59 Å². The molecule has 0 radical (unpaired) electrons. The molecule has 1 unspecified atom stereocenters. The van der Waals surface area contributed by atoms with Crippen molar-refractivity contribution in [3.8, 4) is 0 Å². The molecular formula is C16H11Cl3N2O2. The molecule has 1 aliphatic heterocycles. The quantitative estimate of drug-likeness (QED) is 0.816. The van der Waals surface area contributed by atoms with Crippen LogP contribution in [0.5, 0.6) is 0 Å². The summed E-state index contributed by atoms with van der Waals surface area (Å²) in [6.07, 6.45) is 0.0459. The Morgan fingerprint density at radius 1 is 1.00 bits per heavy atom. The first kappa shape index (κ1) is 16.1. The summed E-state index contributed by atoms with van der Waals surface area (Å²) >= 11 is 17.9. The Morgan fingerprint density at radius 3 is 2.43 bits per heavy atom. The third-order valence-electron chi connectivity index (χ3n) is 3.47. The lowest BCUT2D eigenvalue weighted by atomic mass is 10.2. The van der Waals surface area contributed by atoms with Crippen LogP contribution in [0.25, 0.3) is 0 Å². The van der Waals surface area contributed by atoms with Crippen molar-refractivity contribution >= 4 is 58.0 Å². The molecule has 1 saturated heterocycles. The third kappa shape index (κ3) is 3.29. The van der Waals surface area contributed by atoms with E-state index in [0.717, 1.165) is 4.90 Å². The Balaban J connectivity index is 1.84. The van der Waals surface area contributed by atoms with Crippen LogP contribution in [0.3, 0.4) is 0 Å². The van der Waals surface area contributed by atoms with E-state index in [1.165, 1.54) is 0 Å². The highest BCUT2D eigenvalue weighted by atomic mass is 35.5. The van der Waals surface area contributed by atoms with Gasteiger partial charge in [0, 0.05) is 10.0 Å². The van der Waals surface area contributed by atoms with Gasteiger partial charge in [-0.3, -0.25) is 9.59 Å². The molecule has 23 heavy (non-hydrogen) atoms. The topological polar surface area (TPSA) is 49.4 Å². The van der Waals surface area contributed by atoms with E-state index >= 15 is 0 Å². The van der Waals surface area contributed by atoms with Crippen LogP contribution in [0.15, 0.2) is 42.5 Å². The summed E-state index contributed by atoms with van der Waals surface area (Å²) in [5.41, 5.74) is 1.01. The predicted octanol–water partition coefficient (Wildman–Crippen LogP) is 4.39. The van der Waals surface area contributed by atoms with E-state index in [0.29, 0.717) is 26.4 Å². The maximum Gasteiger partial charge on any atom is 0.256 e. The first-order chi connectivity index (χ1) is 11.0. The number of nitrogens with one attached hydrogen (secondary N) is 1. The number of anilines is 2. The molecular weight excluding hydrogens is 359 g/mol. The van der Waals surface area contributed by atoms with Gasteiger partial charge in [0.2, 0.25) is 5.91 Å². The third-order valence-corrected chi connectivity index (χ3v) is 4.26. The van der Waals surface area contributed by atoms with Gasteiger partial charge in [0.1, 0.15) is 6.04 Å². The number of hydrogen-bond acceptors (Lipinski definition) is 3. The van der Waals surface area contributed by atoms with Gasteiger partial charge in [-0.25, -0.2) is 4.90 Å². The molecule has 1 atom stereocenters. The molecule has 2 aromatic carbocycles. The fraction of sp³-hybridized carbons (Fsp3) is 0.125. The minimum Gasteiger partial charge on any atom is -0.372 e. The average molecular weight is 370 g/mol. The first-order valence-corrected chi connectivity index (χ1v) is 7.93. The van der Waals surface area contributed by atoms with Crippen molar-refractivity contribution in [1.29, 1.82) is 0 Å². The van der Waals surface area contributed by atoms with Gasteiger partial charge in [-0.05, 0) is 36.4 Å². The summed E-state index contributed by atoms with van der Waals surface area (Å²) in [6, 6.07) is 10.8. The van der Waals surface area contributed by atoms with Crippen molar-refractivity contribution in [3.05, 3.63) is 57.5 Å². The van der Waals surface area contributed by atoms with Crippen LogP contribution in [0.1, 0.15) is 6.42 Å². The predicted molar refractivity (Wildman–Crippen MR) is 92.4 cm³/mol. The number of carbonyl (C=O) groups excluding carboxylic acids is 2. The van der Waals surface area contributed by atoms with E-state index in [2.05, 4.69) is 5.32 Å². The van der Waals surface area contributed by atoms with Crippen molar-refractivity contribution in [2.45, 2.75) is 12.5 Å². The van der Waals surface area contributed by atoms with Crippen molar-refractivity contribution in [3.63, 3.8) is 0 Å². The van der Waals surface area contributed by atoms with Gasteiger partial charge >= 0.3 is 0 Å². The first-order valence-electron chi connectivity index (χ1n) is 6.79. The van der Waals surface area contributed by atoms with E-state index in [1.54, 1.807) is 42.5 Å². The van der Waals surface area contributed by atoms with Gasteiger partial charge in [0.15, 0.2) is 0 Å². The molecule has 1 N–H and O–H groups in total. The van der Waals surface area contributed by atoms with Gasteiger partial charge in [-0.2, -0.15) is 0 Å². The van der Waals surface area contributed by atoms with Crippen molar-refractivity contribution in [2.75, 3.05) is 10.2 Å². The molecule has 2 amide bonds. The second kappa shape index (κ2) is 6.40. The zero-order chi connectivity index (χ0) is 16.6. The summed E-state index contributed by atoms with van der Waals surface area (Å²) in [7, 11) is 0. The summed E-state index contributed by atoms with van der Waals surface area (Å²) in [4.78, 5) is 25.9. The molecule has 0 aliphatic carbocycles. The maximum absolute atomic E-state index is 12.5. The summed E-state index contributed by atoms with van der Waals surface area (Å²) in [5, 5.41) is 4.34. The van der Waals surface area contributed by atoms with Gasteiger partial charge < -0.3 is 5.32 Å². The Labute approximate surface area is 147 Å². The summed E-state index contributed by atoms with van der Waals surface area (Å²) < 4.78 is 0. The zero-order valence-electron chi connectivity index (χ0n) is 11.7. The van der Waals surface area contributed by atoms with Crippen LogP contribution in [0.2, 0.25) is 15.1 Å². The Bertz CT molecular complexity index is 795. The monoisotopic (exact) mass is 368 g/mol. The van der Waals surface area contributed by atoms with Gasteiger partial charge in [0.05, 0.1) is 22.8 Å². The van der Waals surface area contributed by atoms with Crippen LogP contribution in [0.4, 0.5) is 11.4 Å². The van der Waals surface area contributed by atoms with E-state index in [-0.39, 0.29) is 18.2 Å². The van der Waals surface area contributed by atoms with E-state index in [4.69, 9.17) is 34.8 Å². The fourth-order valence-corrected chi connectivity index (χ4v) is 3.07. The van der Waals surface area contributed by atoms with Crippen molar-refractivity contribution in [2.24, 2.45) is 0 Å². The lowest BCUT2D eigenvalue weighted by molar-refractivity contribution is -0.121. The highest BCUT2D eigenvalue weighted by Crippen LogP contribution is 2.30. The minimum absolute atomic E-state index is 0.0459. The molecule has 7 heteroatoms. The Kier molecular flexibility index (Phi) is 4.48. The molecule has 2 aromatic rings. The molecule has 0 bridgehead atoms. The number of halogens is 3. The summed E-state index contributed by atoms with van der Waals surface area (Å²) in [6.45, 7) is 0. The highest BCUT2D eigenvalue weighted by molar-refractivity contribution is 6.36. The molecule has 1 heterocycles. The van der Waals surface area contributed by atoms with E-state index < -0.39 is 6.04 Å². The number of benzene rings is 2. The Morgan fingerprint density at radius 2 is 1.74 bits per heavy atom. The number of rotatable bonds is 3. The van der Waals surface area contributed by atoms with Gasteiger partial charge in [-0.1, -0.05) is 40.9 Å². The van der Waals surface area contributed by atoms with Crippen LogP contribution in [0, 0.1) is 0 Å². The summed E-state index contributed by atoms with van der Waals surface area (Å²) in [5.74, 6) is -0.636. The Hall–Kier alpha value is -1.75. The molecule has 0 aromatic heterocycles. The molecule has 3 rings (SSSR count). The van der Waals surface area contributed by atoms with E-state index in [9.17, 15) is 9.59 Å². The molecule has 0 spiro atoms. The number of hydrogen-bond donors (Lipinski definition) is 1. The fourth-order valence-electron chi connectivity index (χ4n) is 2.43. The minimum atomic E-state index is -0.680. The number of nitrogens with zero attached hydrogens (tertiary/aromatic N) is 1. The molecule has 4 nitrogen and oxygen atoms in total. The maximum atomic E-state index is 12.5. The SMILES string of the molecule is O=C1CC(Nc2ccc(Cl)cc2Cl)C(=O)N1c1cccc(Cl)c1. The van der Waals surface area contributed by atoms with Crippen LogP contribution in [-0.4, -0.2) is 17.9 Å². The highest BCUT2D eigenvalue weighted by Gasteiger charge is 2.39. The van der Waals surface area contributed by atoms with Crippen LogP contribution < -0.4 is 10.2 Å². The average Bonchev–Trinajstić information content (AvgIpc) is 2.76. The lowest BCUT2D eigenvalue weighted by Gasteiger charge is -2.17. The van der Waals surface area contributed by atoms with E-state index in [1.807, 2.05) is 0 Å². The lowest BCUT2D eigenvalue weighted by Crippen LogP contribution is -2.34. The number of carbonyl (C=O) groups is 2. The molecule has 118 valence electrons. The van der Waals surface area contributed by atoms with Gasteiger partial charge in [0.25, 0.3) is 5.91 Å². The zero-order valence-corrected chi connectivity index (χ0v) is 14.0.